The number of hydrogen-bond donors (Lipinski definition) is 0. The number of fused-ring (bicyclic) bond motifs is 5. The van der Waals surface area contributed by atoms with Crippen LogP contribution in [-0.2, 0) is 0 Å². The van der Waals surface area contributed by atoms with Crippen molar-refractivity contribution in [2.75, 3.05) is 9.80 Å². The van der Waals surface area contributed by atoms with Crippen molar-refractivity contribution < 1.29 is 0 Å². The molecule has 0 radical (unpaired) electrons. The standard InChI is InChI=1S/C68H47N3/c1-4-18-48(19-5-1)50-34-38-55(39-35-50)69(57-27-16-24-53(46-57)49-20-6-2-7-21-49)67-45-43-59(61-29-12-13-30-62(61)67)52-36-40-56(41-37-52)70(65-33-17-23-51-22-10-11-28-60(51)65)58-42-44-68-64(47-58)63-31-14-15-32-66(63)71(68)54-25-8-3-9-26-54/h1-47H. The fourth-order valence-electron chi connectivity index (χ4n) is 10.6. The number of aromatic nitrogens is 1. The number of nitrogens with zero attached hydrogens (tertiary/aromatic N) is 3. The molecule has 334 valence electrons. The van der Waals surface area contributed by atoms with E-state index in [1.165, 1.54) is 71.2 Å². The Hall–Kier alpha value is -9.44. The molecule has 0 aliphatic heterocycles. The van der Waals surface area contributed by atoms with Crippen LogP contribution < -0.4 is 9.80 Å². The smallest absolute Gasteiger partial charge is 0.0542 e. The molecular weight excluding hydrogens is 859 g/mol. The first kappa shape index (κ1) is 41.7. The van der Waals surface area contributed by atoms with Crippen LogP contribution in [0.25, 0.3) is 82.4 Å². The van der Waals surface area contributed by atoms with Crippen molar-refractivity contribution in [3.63, 3.8) is 0 Å². The maximum atomic E-state index is 2.42. The van der Waals surface area contributed by atoms with Crippen LogP contribution in [0.1, 0.15) is 0 Å². The van der Waals surface area contributed by atoms with E-state index in [9.17, 15) is 0 Å². The van der Waals surface area contributed by atoms with Gasteiger partial charge in [0.15, 0.2) is 0 Å². The van der Waals surface area contributed by atoms with E-state index in [0.717, 1.165) is 45.4 Å². The molecule has 0 saturated carbocycles. The van der Waals surface area contributed by atoms with E-state index >= 15 is 0 Å². The molecule has 3 nitrogen and oxygen atoms in total. The molecule has 0 aliphatic carbocycles. The zero-order valence-electron chi connectivity index (χ0n) is 39.0. The Balaban J connectivity index is 0.933. The van der Waals surface area contributed by atoms with Gasteiger partial charge in [-0.1, -0.05) is 200 Å². The highest BCUT2D eigenvalue weighted by atomic mass is 15.2. The number of hydrogen-bond acceptors (Lipinski definition) is 2. The summed E-state index contributed by atoms with van der Waals surface area (Å²) < 4.78 is 2.38. The zero-order valence-corrected chi connectivity index (χ0v) is 39.0. The molecule has 1 heterocycles. The van der Waals surface area contributed by atoms with Crippen LogP contribution in [0.2, 0.25) is 0 Å². The minimum Gasteiger partial charge on any atom is -0.310 e. The van der Waals surface area contributed by atoms with Gasteiger partial charge in [0.1, 0.15) is 0 Å². The average Bonchev–Trinajstić information content (AvgIpc) is 3.78. The van der Waals surface area contributed by atoms with Gasteiger partial charge < -0.3 is 14.4 Å². The van der Waals surface area contributed by atoms with Gasteiger partial charge in [0.25, 0.3) is 0 Å². The lowest BCUT2D eigenvalue weighted by molar-refractivity contribution is 1.18. The lowest BCUT2D eigenvalue weighted by atomic mass is 9.95. The van der Waals surface area contributed by atoms with Gasteiger partial charge in [0.05, 0.1) is 22.4 Å². The van der Waals surface area contributed by atoms with E-state index in [1.807, 2.05) is 0 Å². The molecule has 1 aromatic heterocycles. The van der Waals surface area contributed by atoms with Crippen molar-refractivity contribution in [1.82, 2.24) is 4.57 Å². The summed E-state index contributed by atoms with van der Waals surface area (Å²) in [5, 5.41) is 7.20. The molecule has 0 saturated heterocycles. The molecule has 0 spiro atoms. The minimum absolute atomic E-state index is 1.08. The largest absolute Gasteiger partial charge is 0.310 e. The van der Waals surface area contributed by atoms with Gasteiger partial charge in [-0.25, -0.2) is 0 Å². The summed E-state index contributed by atoms with van der Waals surface area (Å²) in [5.41, 5.74) is 17.2. The van der Waals surface area contributed by atoms with E-state index in [2.05, 4.69) is 299 Å². The van der Waals surface area contributed by atoms with Crippen molar-refractivity contribution in [3.05, 3.63) is 285 Å². The van der Waals surface area contributed by atoms with Crippen molar-refractivity contribution >= 4 is 77.5 Å². The first-order valence-electron chi connectivity index (χ1n) is 24.3. The Labute approximate surface area is 414 Å². The first-order chi connectivity index (χ1) is 35.2. The Kier molecular flexibility index (Phi) is 10.5. The quantitative estimate of drug-likeness (QED) is 0.135. The number of anilines is 6. The lowest BCUT2D eigenvalue weighted by Gasteiger charge is -2.28. The Morgan fingerprint density at radius 3 is 1.44 bits per heavy atom. The monoisotopic (exact) mass is 905 g/mol. The van der Waals surface area contributed by atoms with Crippen LogP contribution in [0.15, 0.2) is 285 Å². The van der Waals surface area contributed by atoms with Crippen molar-refractivity contribution in [1.29, 1.82) is 0 Å². The fourth-order valence-corrected chi connectivity index (χ4v) is 10.6. The second-order valence-electron chi connectivity index (χ2n) is 18.1. The Bertz CT molecular complexity index is 4020. The lowest BCUT2D eigenvalue weighted by Crippen LogP contribution is -2.11. The molecule has 13 rings (SSSR count). The van der Waals surface area contributed by atoms with Crippen molar-refractivity contribution in [3.8, 4) is 39.1 Å². The first-order valence-corrected chi connectivity index (χ1v) is 24.3. The van der Waals surface area contributed by atoms with E-state index in [0.29, 0.717) is 0 Å². The summed E-state index contributed by atoms with van der Waals surface area (Å²) in [6.07, 6.45) is 0. The molecule has 0 atom stereocenters. The van der Waals surface area contributed by atoms with E-state index in [-0.39, 0.29) is 0 Å². The van der Waals surface area contributed by atoms with Crippen LogP contribution in [0.3, 0.4) is 0 Å². The van der Waals surface area contributed by atoms with E-state index in [4.69, 9.17) is 0 Å². The van der Waals surface area contributed by atoms with Crippen LogP contribution in [0, 0.1) is 0 Å². The third kappa shape index (κ3) is 7.58. The normalized spacial score (nSPS) is 11.4. The van der Waals surface area contributed by atoms with Crippen molar-refractivity contribution in [2.24, 2.45) is 0 Å². The van der Waals surface area contributed by atoms with Crippen LogP contribution in [0.4, 0.5) is 34.1 Å². The van der Waals surface area contributed by atoms with E-state index < -0.39 is 0 Å². The van der Waals surface area contributed by atoms with E-state index in [1.54, 1.807) is 0 Å². The van der Waals surface area contributed by atoms with Crippen LogP contribution >= 0.6 is 0 Å². The molecular formula is C68H47N3. The fraction of sp³-hybridized carbons (Fsp3) is 0. The molecule has 0 amide bonds. The summed E-state index contributed by atoms with van der Waals surface area (Å²) in [6, 6.07) is 103. The number of rotatable bonds is 10. The van der Waals surface area contributed by atoms with Crippen LogP contribution in [-0.4, -0.2) is 4.57 Å². The number of benzene rings is 12. The zero-order chi connectivity index (χ0) is 47.1. The summed E-state index contributed by atoms with van der Waals surface area (Å²) in [7, 11) is 0. The number of para-hydroxylation sites is 2. The molecule has 0 aliphatic rings. The van der Waals surface area contributed by atoms with Gasteiger partial charge in [-0.3, -0.25) is 0 Å². The summed E-state index contributed by atoms with van der Waals surface area (Å²) in [6.45, 7) is 0. The highest BCUT2D eigenvalue weighted by Crippen LogP contribution is 2.46. The topological polar surface area (TPSA) is 11.4 Å². The Morgan fingerprint density at radius 1 is 0.239 bits per heavy atom. The maximum absolute atomic E-state index is 2.42. The average molecular weight is 906 g/mol. The SMILES string of the molecule is c1ccc(-c2ccc(N(c3cccc(-c4ccccc4)c3)c3ccc(-c4ccc(N(c5ccc6c(c5)c5ccccc5n6-c5ccccc5)c5cccc6ccccc56)cc4)c4ccccc34)cc2)cc1. The highest BCUT2D eigenvalue weighted by molar-refractivity contribution is 6.12. The molecule has 0 bridgehead atoms. The predicted octanol–water partition coefficient (Wildman–Crippen LogP) is 19.0. The van der Waals surface area contributed by atoms with Gasteiger partial charge in [-0.05, 0) is 129 Å². The summed E-state index contributed by atoms with van der Waals surface area (Å²) in [5.74, 6) is 0. The van der Waals surface area contributed by atoms with Crippen molar-refractivity contribution in [2.45, 2.75) is 0 Å². The maximum Gasteiger partial charge on any atom is 0.0542 e. The van der Waals surface area contributed by atoms with Gasteiger partial charge in [-0.2, -0.15) is 0 Å². The van der Waals surface area contributed by atoms with Gasteiger partial charge >= 0.3 is 0 Å². The molecule has 0 fully saturated rings. The molecule has 3 heteroatoms. The summed E-state index contributed by atoms with van der Waals surface area (Å²) >= 11 is 0. The summed E-state index contributed by atoms with van der Waals surface area (Å²) in [4.78, 5) is 4.83. The molecule has 13 aromatic rings. The molecule has 12 aromatic carbocycles. The van der Waals surface area contributed by atoms with Gasteiger partial charge in [0.2, 0.25) is 0 Å². The molecule has 0 N–H and O–H groups in total. The minimum atomic E-state index is 1.08. The third-order valence-electron chi connectivity index (χ3n) is 14.0. The highest BCUT2D eigenvalue weighted by Gasteiger charge is 2.21. The predicted molar refractivity (Wildman–Crippen MR) is 301 cm³/mol. The second-order valence-corrected chi connectivity index (χ2v) is 18.1. The second kappa shape index (κ2) is 17.9. The van der Waals surface area contributed by atoms with Crippen LogP contribution in [0.5, 0.6) is 0 Å². The van der Waals surface area contributed by atoms with Gasteiger partial charge in [0, 0.05) is 50.0 Å². The van der Waals surface area contributed by atoms with Gasteiger partial charge in [-0.15, -0.1) is 0 Å². The third-order valence-corrected chi connectivity index (χ3v) is 14.0. The molecule has 0 unspecified atom stereocenters. The molecule has 71 heavy (non-hydrogen) atoms. The Morgan fingerprint density at radius 2 is 0.718 bits per heavy atom.